The highest BCUT2D eigenvalue weighted by atomic mass is 35.5. The fourth-order valence-electron chi connectivity index (χ4n) is 2.87. The van der Waals surface area contributed by atoms with Gasteiger partial charge in [0.25, 0.3) is 5.69 Å². The van der Waals surface area contributed by atoms with Crippen LogP contribution in [0.3, 0.4) is 0 Å². The maximum absolute atomic E-state index is 12.9. The third-order valence-corrected chi connectivity index (χ3v) is 4.18. The monoisotopic (exact) mass is 391 g/mol. The van der Waals surface area contributed by atoms with E-state index >= 15 is 0 Å². The standard InChI is InChI=1S/C20H25N3O3.ClH/c1-4-8-15(3)21-19(16-9-6-5-7-10-16)20(24)22-17-12-11-14(2)13-18(17)23(25)26;/h5-7,9-13,15,19,21H,4,8H2,1-3H3,(H,22,24);1H. The van der Waals surface area contributed by atoms with Crippen molar-refractivity contribution in [2.24, 2.45) is 0 Å². The van der Waals surface area contributed by atoms with Crippen LogP contribution in [-0.2, 0) is 4.79 Å². The molecule has 146 valence electrons. The van der Waals surface area contributed by atoms with E-state index < -0.39 is 11.0 Å². The van der Waals surface area contributed by atoms with E-state index in [2.05, 4.69) is 17.6 Å². The molecular weight excluding hydrogens is 366 g/mol. The van der Waals surface area contributed by atoms with Crippen LogP contribution in [0.2, 0.25) is 0 Å². The zero-order valence-electron chi connectivity index (χ0n) is 15.8. The number of nitro groups is 1. The van der Waals surface area contributed by atoms with Crippen molar-refractivity contribution in [3.05, 3.63) is 69.8 Å². The number of hydrogen-bond donors (Lipinski definition) is 2. The van der Waals surface area contributed by atoms with Gasteiger partial charge in [-0.1, -0.05) is 49.7 Å². The molecule has 0 aliphatic carbocycles. The minimum atomic E-state index is -0.585. The lowest BCUT2D eigenvalue weighted by atomic mass is 10.0. The topological polar surface area (TPSA) is 84.3 Å². The van der Waals surface area contributed by atoms with Crippen LogP contribution in [0, 0.1) is 17.0 Å². The van der Waals surface area contributed by atoms with Gasteiger partial charge in [0.2, 0.25) is 5.91 Å². The summed E-state index contributed by atoms with van der Waals surface area (Å²) in [5, 5.41) is 17.4. The van der Waals surface area contributed by atoms with E-state index in [4.69, 9.17) is 0 Å². The molecular formula is C20H26ClN3O3. The number of hydrogen-bond acceptors (Lipinski definition) is 4. The molecule has 6 nitrogen and oxygen atoms in total. The Bertz CT molecular complexity index is 768. The second kappa shape index (κ2) is 10.6. The Labute approximate surface area is 165 Å². The van der Waals surface area contributed by atoms with Crippen molar-refractivity contribution in [3.8, 4) is 0 Å². The Morgan fingerprint density at radius 1 is 1.19 bits per heavy atom. The molecule has 2 aromatic rings. The summed E-state index contributed by atoms with van der Waals surface area (Å²) >= 11 is 0. The van der Waals surface area contributed by atoms with Gasteiger partial charge < -0.3 is 5.32 Å². The van der Waals surface area contributed by atoms with Crippen molar-refractivity contribution in [2.45, 2.75) is 45.7 Å². The number of halogens is 1. The van der Waals surface area contributed by atoms with E-state index in [1.54, 1.807) is 19.1 Å². The minimum absolute atomic E-state index is 0. The lowest BCUT2D eigenvalue weighted by Crippen LogP contribution is -2.38. The molecule has 2 N–H and O–H groups in total. The lowest BCUT2D eigenvalue weighted by Gasteiger charge is -2.23. The molecule has 27 heavy (non-hydrogen) atoms. The first kappa shape index (κ1) is 22.6. The van der Waals surface area contributed by atoms with Crippen LogP contribution < -0.4 is 10.6 Å². The number of nitrogens with zero attached hydrogens (tertiary/aromatic N) is 1. The first-order valence-corrected chi connectivity index (χ1v) is 8.79. The van der Waals surface area contributed by atoms with Gasteiger partial charge in [-0.3, -0.25) is 20.2 Å². The number of nitrogens with one attached hydrogen (secondary N) is 2. The normalized spacial score (nSPS) is 12.6. The molecule has 0 aromatic heterocycles. The predicted octanol–water partition coefficient (Wildman–Crippen LogP) is 4.78. The molecule has 0 heterocycles. The van der Waals surface area contributed by atoms with Gasteiger partial charge in [-0.05, 0) is 37.5 Å². The molecule has 0 fully saturated rings. The third-order valence-electron chi connectivity index (χ3n) is 4.18. The molecule has 2 rings (SSSR count). The lowest BCUT2D eigenvalue weighted by molar-refractivity contribution is -0.384. The highest BCUT2D eigenvalue weighted by Gasteiger charge is 2.24. The number of rotatable bonds is 8. The number of carbonyl (C=O) groups excluding carboxylic acids is 1. The van der Waals surface area contributed by atoms with Crippen molar-refractivity contribution in [1.82, 2.24) is 5.32 Å². The second-order valence-electron chi connectivity index (χ2n) is 6.47. The van der Waals surface area contributed by atoms with Gasteiger partial charge in [-0.25, -0.2) is 0 Å². The first-order valence-electron chi connectivity index (χ1n) is 8.79. The van der Waals surface area contributed by atoms with Gasteiger partial charge in [0.05, 0.1) is 4.92 Å². The number of carbonyl (C=O) groups is 1. The van der Waals surface area contributed by atoms with E-state index in [1.807, 2.05) is 37.3 Å². The smallest absolute Gasteiger partial charge is 0.293 e. The summed E-state index contributed by atoms with van der Waals surface area (Å²) in [7, 11) is 0. The number of benzene rings is 2. The van der Waals surface area contributed by atoms with Crippen LogP contribution in [0.15, 0.2) is 48.5 Å². The summed E-state index contributed by atoms with van der Waals surface area (Å²) < 4.78 is 0. The van der Waals surface area contributed by atoms with Crippen LogP contribution in [0.5, 0.6) is 0 Å². The summed E-state index contributed by atoms with van der Waals surface area (Å²) in [6.07, 6.45) is 1.93. The molecule has 2 atom stereocenters. The SMILES string of the molecule is CCCC(C)NC(C(=O)Nc1ccc(C)cc1[N+](=O)[O-])c1ccccc1.Cl. The molecule has 0 aliphatic rings. The highest BCUT2D eigenvalue weighted by molar-refractivity contribution is 5.97. The zero-order valence-corrected chi connectivity index (χ0v) is 16.6. The Kier molecular flexibility index (Phi) is 8.91. The summed E-state index contributed by atoms with van der Waals surface area (Å²) in [5.74, 6) is -0.314. The number of anilines is 1. The van der Waals surface area contributed by atoms with E-state index in [0.717, 1.165) is 24.0 Å². The first-order chi connectivity index (χ1) is 12.4. The van der Waals surface area contributed by atoms with E-state index in [9.17, 15) is 14.9 Å². The molecule has 7 heteroatoms. The van der Waals surface area contributed by atoms with Crippen LogP contribution in [-0.4, -0.2) is 16.9 Å². The van der Waals surface area contributed by atoms with E-state index in [1.165, 1.54) is 6.07 Å². The summed E-state index contributed by atoms with van der Waals surface area (Å²) in [6, 6.07) is 13.7. The van der Waals surface area contributed by atoms with Gasteiger partial charge in [0.1, 0.15) is 11.7 Å². The van der Waals surface area contributed by atoms with Crippen molar-refractivity contribution < 1.29 is 9.72 Å². The molecule has 1 amide bonds. The Balaban J connectivity index is 0.00000364. The number of aryl methyl sites for hydroxylation is 1. The second-order valence-corrected chi connectivity index (χ2v) is 6.47. The summed E-state index contributed by atoms with van der Waals surface area (Å²) in [5.41, 5.74) is 1.69. The molecule has 0 saturated heterocycles. The molecule has 0 saturated carbocycles. The fraction of sp³-hybridized carbons (Fsp3) is 0.350. The number of amides is 1. The highest BCUT2D eigenvalue weighted by Crippen LogP contribution is 2.27. The summed E-state index contributed by atoms with van der Waals surface area (Å²) in [6.45, 7) is 5.89. The fourth-order valence-corrected chi connectivity index (χ4v) is 2.87. The van der Waals surface area contributed by atoms with Crippen LogP contribution in [0.25, 0.3) is 0 Å². The quantitative estimate of drug-likeness (QED) is 0.500. The van der Waals surface area contributed by atoms with Crippen LogP contribution >= 0.6 is 12.4 Å². The van der Waals surface area contributed by atoms with E-state index in [-0.39, 0.29) is 35.7 Å². The zero-order chi connectivity index (χ0) is 19.1. The maximum atomic E-state index is 12.9. The molecule has 0 radical (unpaired) electrons. The molecule has 0 aliphatic heterocycles. The number of nitro benzene ring substituents is 1. The average molecular weight is 392 g/mol. The van der Waals surface area contributed by atoms with Crippen LogP contribution in [0.1, 0.15) is 43.9 Å². The Morgan fingerprint density at radius 3 is 2.44 bits per heavy atom. The predicted molar refractivity (Wildman–Crippen MR) is 110 cm³/mol. The van der Waals surface area contributed by atoms with Crippen molar-refractivity contribution in [3.63, 3.8) is 0 Å². The minimum Gasteiger partial charge on any atom is -0.319 e. The largest absolute Gasteiger partial charge is 0.319 e. The Hall–Kier alpha value is -2.44. The van der Waals surface area contributed by atoms with Gasteiger partial charge in [-0.2, -0.15) is 0 Å². The average Bonchev–Trinajstić information content (AvgIpc) is 2.62. The van der Waals surface area contributed by atoms with Crippen molar-refractivity contribution >= 4 is 29.7 Å². The van der Waals surface area contributed by atoms with Gasteiger partial charge in [0, 0.05) is 12.1 Å². The molecule has 2 unspecified atom stereocenters. The van der Waals surface area contributed by atoms with Gasteiger partial charge in [0.15, 0.2) is 0 Å². The molecule has 0 spiro atoms. The maximum Gasteiger partial charge on any atom is 0.293 e. The van der Waals surface area contributed by atoms with E-state index in [0.29, 0.717) is 0 Å². The third kappa shape index (κ3) is 6.34. The van der Waals surface area contributed by atoms with Crippen molar-refractivity contribution in [1.29, 1.82) is 0 Å². The van der Waals surface area contributed by atoms with Crippen LogP contribution in [0.4, 0.5) is 11.4 Å². The molecule has 0 bridgehead atoms. The van der Waals surface area contributed by atoms with Gasteiger partial charge in [-0.15, -0.1) is 12.4 Å². The molecule has 2 aromatic carbocycles. The van der Waals surface area contributed by atoms with Crippen molar-refractivity contribution in [2.75, 3.05) is 5.32 Å². The Morgan fingerprint density at radius 2 is 1.85 bits per heavy atom. The van der Waals surface area contributed by atoms with Gasteiger partial charge >= 0.3 is 0 Å². The summed E-state index contributed by atoms with van der Waals surface area (Å²) in [4.78, 5) is 23.7.